The predicted molar refractivity (Wildman–Crippen MR) is 118 cm³/mol. The number of amides is 1. The molecule has 0 bridgehead atoms. The molecule has 0 aliphatic carbocycles. The van der Waals surface area contributed by atoms with Crippen LogP contribution in [0.3, 0.4) is 0 Å². The lowest BCUT2D eigenvalue weighted by Gasteiger charge is -2.16. The van der Waals surface area contributed by atoms with E-state index < -0.39 is 0 Å². The number of nitrogens with two attached hydrogens (primary N) is 1. The lowest BCUT2D eigenvalue weighted by molar-refractivity contribution is 0.0994. The first-order valence-electron chi connectivity index (χ1n) is 9.39. The normalized spacial score (nSPS) is 12.9. The number of hydrogen-bond donors (Lipinski definition) is 1. The number of pyridine rings is 1. The molecule has 1 amide bonds. The summed E-state index contributed by atoms with van der Waals surface area (Å²) in [7, 11) is 1.64. The Bertz CT molecular complexity index is 1230. The maximum atomic E-state index is 13.2. The molecule has 0 radical (unpaired) electrons. The van der Waals surface area contributed by atoms with E-state index in [9.17, 15) is 4.79 Å². The van der Waals surface area contributed by atoms with Gasteiger partial charge in [-0.05, 0) is 54.4 Å². The third-order valence-corrected chi connectivity index (χ3v) is 6.41. The van der Waals surface area contributed by atoms with Crippen LogP contribution in [0.5, 0.6) is 5.75 Å². The molecule has 144 valence electrons. The van der Waals surface area contributed by atoms with Gasteiger partial charge in [0.05, 0.1) is 18.5 Å². The number of methoxy groups -OCH3 is 1. The summed E-state index contributed by atoms with van der Waals surface area (Å²) in [5.41, 5.74) is 10.9. The van der Waals surface area contributed by atoms with Crippen LogP contribution >= 0.6 is 11.3 Å². The molecule has 2 aromatic heterocycles. The number of nitrogen functional groups attached to an aromatic ring is 1. The minimum Gasteiger partial charge on any atom is -0.497 e. The number of aromatic nitrogens is 1. The third kappa shape index (κ3) is 2.93. The standard InChI is InChI=1S/C23H19N3O2S/c1-28-16-8-6-14(7-9-16)18-11-10-17-20(24)21(29-22(17)25-18)23(27)26-13-12-15-4-2-3-5-19(15)26/h2-11H,12-13,24H2,1H3. The Labute approximate surface area is 172 Å². The number of para-hydroxylation sites is 1. The molecule has 0 spiro atoms. The molecule has 1 aliphatic heterocycles. The van der Waals surface area contributed by atoms with Crippen LogP contribution in [0.15, 0.2) is 60.7 Å². The molecule has 0 atom stereocenters. The summed E-state index contributed by atoms with van der Waals surface area (Å²) < 4.78 is 5.22. The second-order valence-electron chi connectivity index (χ2n) is 6.96. The number of thiophene rings is 1. The second kappa shape index (κ2) is 6.90. The summed E-state index contributed by atoms with van der Waals surface area (Å²) in [5.74, 6) is 0.746. The lowest BCUT2D eigenvalue weighted by Crippen LogP contribution is -2.28. The number of rotatable bonds is 3. The van der Waals surface area contributed by atoms with Crippen molar-refractivity contribution >= 4 is 38.8 Å². The van der Waals surface area contributed by atoms with Crippen molar-refractivity contribution in [2.75, 3.05) is 24.3 Å². The van der Waals surface area contributed by atoms with Crippen molar-refractivity contribution in [2.45, 2.75) is 6.42 Å². The summed E-state index contributed by atoms with van der Waals surface area (Å²) in [5, 5.41) is 0.822. The van der Waals surface area contributed by atoms with Crippen molar-refractivity contribution < 1.29 is 9.53 Å². The van der Waals surface area contributed by atoms with Gasteiger partial charge < -0.3 is 15.4 Å². The quantitative estimate of drug-likeness (QED) is 0.538. The second-order valence-corrected chi connectivity index (χ2v) is 7.96. The van der Waals surface area contributed by atoms with Gasteiger partial charge in [0, 0.05) is 23.2 Å². The van der Waals surface area contributed by atoms with Gasteiger partial charge in [0.1, 0.15) is 15.5 Å². The van der Waals surface area contributed by atoms with Crippen molar-refractivity contribution in [3.63, 3.8) is 0 Å². The lowest BCUT2D eigenvalue weighted by atomic mass is 10.1. The van der Waals surface area contributed by atoms with Gasteiger partial charge in [-0.25, -0.2) is 4.98 Å². The van der Waals surface area contributed by atoms with Crippen LogP contribution < -0.4 is 15.4 Å². The van der Waals surface area contributed by atoms with Gasteiger partial charge in [-0.15, -0.1) is 11.3 Å². The molecule has 0 saturated carbocycles. The highest BCUT2D eigenvalue weighted by molar-refractivity contribution is 7.21. The minimum atomic E-state index is -0.0542. The highest BCUT2D eigenvalue weighted by Gasteiger charge is 2.28. The number of anilines is 2. The van der Waals surface area contributed by atoms with Gasteiger partial charge >= 0.3 is 0 Å². The average Bonchev–Trinajstić information content (AvgIpc) is 3.34. The Balaban J connectivity index is 1.52. The smallest absolute Gasteiger partial charge is 0.270 e. The molecule has 6 heteroatoms. The van der Waals surface area contributed by atoms with Gasteiger partial charge in [0.15, 0.2) is 0 Å². The van der Waals surface area contributed by atoms with Gasteiger partial charge in [-0.2, -0.15) is 0 Å². The summed E-state index contributed by atoms with van der Waals surface area (Å²) in [6.07, 6.45) is 0.868. The molecular formula is C23H19N3O2S. The largest absolute Gasteiger partial charge is 0.497 e. The predicted octanol–water partition coefficient (Wildman–Crippen LogP) is 4.76. The zero-order valence-corrected chi connectivity index (χ0v) is 16.7. The Morgan fingerprint density at radius 1 is 1.10 bits per heavy atom. The molecule has 4 aromatic rings. The molecule has 29 heavy (non-hydrogen) atoms. The number of carbonyl (C=O) groups excluding carboxylic acids is 1. The number of ether oxygens (including phenoxy) is 1. The van der Waals surface area contributed by atoms with Crippen LogP contribution in [-0.4, -0.2) is 24.5 Å². The highest BCUT2D eigenvalue weighted by Crippen LogP contribution is 2.37. The monoisotopic (exact) mass is 401 g/mol. The van der Waals surface area contributed by atoms with Crippen LogP contribution in [0.1, 0.15) is 15.2 Å². The number of carbonyl (C=O) groups is 1. The topological polar surface area (TPSA) is 68.5 Å². The van der Waals surface area contributed by atoms with Crippen molar-refractivity contribution in [1.29, 1.82) is 0 Å². The van der Waals surface area contributed by atoms with Crippen molar-refractivity contribution in [3.05, 3.63) is 71.1 Å². The Morgan fingerprint density at radius 3 is 2.69 bits per heavy atom. The summed E-state index contributed by atoms with van der Waals surface area (Å²) in [6.45, 7) is 0.677. The first-order chi connectivity index (χ1) is 14.2. The van der Waals surface area contributed by atoms with Gasteiger partial charge in [0.2, 0.25) is 0 Å². The maximum Gasteiger partial charge on any atom is 0.270 e. The molecule has 3 heterocycles. The summed E-state index contributed by atoms with van der Waals surface area (Å²) >= 11 is 1.36. The third-order valence-electron chi connectivity index (χ3n) is 5.31. The molecule has 1 aliphatic rings. The van der Waals surface area contributed by atoms with E-state index in [1.165, 1.54) is 16.9 Å². The summed E-state index contributed by atoms with van der Waals surface area (Å²) in [4.78, 5) is 21.1. The number of fused-ring (bicyclic) bond motifs is 2. The molecule has 0 fully saturated rings. The van der Waals surface area contributed by atoms with E-state index in [4.69, 9.17) is 15.5 Å². The molecular weight excluding hydrogens is 382 g/mol. The SMILES string of the molecule is COc1ccc(-c2ccc3c(N)c(C(=O)N4CCc5ccccc54)sc3n2)cc1. The van der Waals surface area contributed by atoms with Crippen LogP contribution in [0.4, 0.5) is 11.4 Å². The summed E-state index contributed by atoms with van der Waals surface area (Å²) in [6, 6.07) is 19.7. The Hall–Kier alpha value is -3.38. The van der Waals surface area contributed by atoms with Crippen LogP contribution in [0.2, 0.25) is 0 Å². The van der Waals surface area contributed by atoms with E-state index in [0.29, 0.717) is 17.1 Å². The molecule has 2 aromatic carbocycles. The average molecular weight is 401 g/mol. The van der Waals surface area contributed by atoms with Gasteiger partial charge in [0.25, 0.3) is 5.91 Å². The number of hydrogen-bond acceptors (Lipinski definition) is 5. The first kappa shape index (κ1) is 17.7. The Kier molecular flexibility index (Phi) is 4.21. The number of benzene rings is 2. The van der Waals surface area contributed by atoms with E-state index in [0.717, 1.165) is 39.3 Å². The van der Waals surface area contributed by atoms with Gasteiger partial charge in [-0.3, -0.25) is 4.79 Å². The van der Waals surface area contributed by atoms with E-state index in [-0.39, 0.29) is 5.91 Å². The fourth-order valence-electron chi connectivity index (χ4n) is 3.75. The number of nitrogens with zero attached hydrogens (tertiary/aromatic N) is 2. The first-order valence-corrected chi connectivity index (χ1v) is 10.2. The van der Waals surface area contributed by atoms with Gasteiger partial charge in [-0.1, -0.05) is 18.2 Å². The van der Waals surface area contributed by atoms with E-state index in [1.807, 2.05) is 59.5 Å². The van der Waals surface area contributed by atoms with Crippen LogP contribution in [-0.2, 0) is 6.42 Å². The van der Waals surface area contributed by atoms with Crippen molar-refractivity contribution in [1.82, 2.24) is 4.98 Å². The zero-order valence-electron chi connectivity index (χ0n) is 15.9. The van der Waals surface area contributed by atoms with Crippen molar-refractivity contribution in [2.24, 2.45) is 0 Å². The fraction of sp³-hybridized carbons (Fsp3) is 0.130. The van der Waals surface area contributed by atoms with Crippen molar-refractivity contribution in [3.8, 4) is 17.0 Å². The maximum absolute atomic E-state index is 13.2. The van der Waals surface area contributed by atoms with E-state index >= 15 is 0 Å². The molecule has 5 nitrogen and oxygen atoms in total. The van der Waals surface area contributed by atoms with Crippen LogP contribution in [0, 0.1) is 0 Å². The minimum absolute atomic E-state index is 0.0542. The Morgan fingerprint density at radius 2 is 1.90 bits per heavy atom. The molecule has 5 rings (SSSR count). The molecule has 0 unspecified atom stereocenters. The van der Waals surface area contributed by atoms with Crippen LogP contribution in [0.25, 0.3) is 21.5 Å². The van der Waals surface area contributed by atoms with E-state index in [2.05, 4.69) is 6.07 Å². The fourth-order valence-corrected chi connectivity index (χ4v) is 4.79. The highest BCUT2D eigenvalue weighted by atomic mass is 32.1. The zero-order chi connectivity index (χ0) is 20.0. The molecule has 2 N–H and O–H groups in total. The molecule has 0 saturated heterocycles. The van der Waals surface area contributed by atoms with E-state index in [1.54, 1.807) is 7.11 Å².